The highest BCUT2D eigenvalue weighted by atomic mass is 79.9. The molecule has 0 unspecified atom stereocenters. The third-order valence-corrected chi connectivity index (χ3v) is 0.782. The Kier molecular flexibility index (Phi) is 3.32. The molecule has 0 nitrogen and oxygen atoms in total. The number of alkyl halides is 1. The first-order valence-corrected chi connectivity index (χ1v) is 2.44. The molecule has 0 radical (unpaired) electrons. The van der Waals surface area contributed by atoms with E-state index in [0.717, 1.165) is 0 Å². The highest BCUT2D eigenvalue weighted by Crippen LogP contribution is 1.98. The highest BCUT2D eigenvalue weighted by molar-refractivity contribution is 9.09. The summed E-state index contributed by atoms with van der Waals surface area (Å²) in [7, 11) is 0. The smallest absolute Gasteiger partial charge is 0.139 e. The van der Waals surface area contributed by atoms with Gasteiger partial charge in [0.05, 0.1) is 5.33 Å². The van der Waals surface area contributed by atoms with Crippen molar-refractivity contribution in [2.75, 3.05) is 5.33 Å². The number of halogens is 3. The number of rotatable bonds is 1. The predicted molar refractivity (Wildman–Crippen MR) is 24.1 cm³/mol. The van der Waals surface area contributed by atoms with Crippen molar-refractivity contribution < 1.29 is 8.78 Å². The molecular weight excluding hydrogens is 154 g/mol. The van der Waals surface area contributed by atoms with Gasteiger partial charge in [0.2, 0.25) is 0 Å². The number of allylic oxidation sites excluding steroid dienone is 1. The summed E-state index contributed by atoms with van der Waals surface area (Å²) < 4.78 is 22.1. The summed E-state index contributed by atoms with van der Waals surface area (Å²) in [6.07, 6.45) is -0.0747. The van der Waals surface area contributed by atoms with E-state index >= 15 is 0 Å². The van der Waals surface area contributed by atoms with Crippen LogP contribution in [0.1, 0.15) is 0 Å². The van der Waals surface area contributed by atoms with Crippen LogP contribution < -0.4 is 0 Å². The summed E-state index contributed by atoms with van der Waals surface area (Å²) in [6, 6.07) is 0. The molecule has 36 valence electrons. The van der Waals surface area contributed by atoms with Gasteiger partial charge in [0.25, 0.3) is 0 Å². The Morgan fingerprint density at radius 3 is 2.33 bits per heavy atom. The maximum Gasteiger partial charge on any atom is 0.139 e. The first kappa shape index (κ1) is 6.08. The van der Waals surface area contributed by atoms with Crippen molar-refractivity contribution >= 4 is 15.9 Å². The molecule has 0 aliphatic carbocycles. The summed E-state index contributed by atoms with van der Waals surface area (Å²) >= 11 is 2.69. The molecule has 0 saturated heterocycles. The van der Waals surface area contributed by atoms with Gasteiger partial charge >= 0.3 is 0 Å². The van der Waals surface area contributed by atoms with Crippen molar-refractivity contribution in [3.63, 3.8) is 0 Å². The van der Waals surface area contributed by atoms with Gasteiger partial charge in [-0.3, -0.25) is 0 Å². The zero-order valence-electron chi connectivity index (χ0n) is 2.92. The monoisotopic (exact) mass is 156 g/mol. The zero-order valence-corrected chi connectivity index (χ0v) is 4.50. The molecule has 6 heavy (non-hydrogen) atoms. The van der Waals surface area contributed by atoms with Crippen LogP contribution in [-0.4, -0.2) is 5.33 Å². The molecule has 0 aromatic rings. The summed E-state index contributed by atoms with van der Waals surface area (Å²) in [5.41, 5.74) is 0. The van der Waals surface area contributed by atoms with Crippen LogP contribution in [0.3, 0.4) is 0 Å². The molecule has 0 heterocycles. The van der Waals surface area contributed by atoms with E-state index in [9.17, 15) is 8.78 Å². The van der Waals surface area contributed by atoms with E-state index in [1.54, 1.807) is 0 Å². The second-order valence-electron chi connectivity index (χ2n) is 0.690. The second kappa shape index (κ2) is 3.28. The molecular formula is C3H3BrF2. The maximum absolute atomic E-state index is 11.3. The van der Waals surface area contributed by atoms with E-state index in [4.69, 9.17) is 0 Å². The highest BCUT2D eigenvalue weighted by Gasteiger charge is 1.84. The van der Waals surface area contributed by atoms with Crippen molar-refractivity contribution in [3.05, 3.63) is 12.2 Å². The lowest BCUT2D eigenvalue weighted by Crippen LogP contribution is -1.65. The molecule has 0 aliphatic heterocycles. The van der Waals surface area contributed by atoms with E-state index < -0.39 is 5.83 Å². The summed E-state index contributed by atoms with van der Waals surface area (Å²) in [4.78, 5) is 0. The van der Waals surface area contributed by atoms with Crippen molar-refractivity contribution in [1.29, 1.82) is 0 Å². The van der Waals surface area contributed by atoms with Crippen LogP contribution in [-0.2, 0) is 0 Å². The van der Waals surface area contributed by atoms with Crippen molar-refractivity contribution in [1.82, 2.24) is 0 Å². The van der Waals surface area contributed by atoms with E-state index in [1.807, 2.05) is 0 Å². The molecule has 0 spiro atoms. The summed E-state index contributed by atoms with van der Waals surface area (Å²) in [5, 5.41) is -0.0382. The Morgan fingerprint density at radius 2 is 2.33 bits per heavy atom. The van der Waals surface area contributed by atoms with Gasteiger partial charge < -0.3 is 0 Å². The molecule has 0 aliphatic rings. The third-order valence-electron chi connectivity index (χ3n) is 0.246. The van der Waals surface area contributed by atoms with Crippen LogP contribution >= 0.6 is 15.9 Å². The SMILES string of the molecule is FC=C(F)CBr. The van der Waals surface area contributed by atoms with E-state index in [0.29, 0.717) is 0 Å². The molecule has 0 aromatic carbocycles. The third kappa shape index (κ3) is 2.33. The van der Waals surface area contributed by atoms with Crippen molar-refractivity contribution in [3.8, 4) is 0 Å². The fraction of sp³-hybridized carbons (Fsp3) is 0.333. The normalized spacial score (nSPS) is 12.2. The largest absolute Gasteiger partial charge is 0.213 e. The van der Waals surface area contributed by atoms with Crippen LogP contribution in [0.4, 0.5) is 8.78 Å². The molecule has 3 heteroatoms. The molecule has 0 saturated carbocycles. The Morgan fingerprint density at radius 1 is 1.83 bits per heavy atom. The second-order valence-corrected chi connectivity index (χ2v) is 1.25. The Labute approximate surface area is 43.0 Å². The number of hydrogen-bond acceptors (Lipinski definition) is 0. The zero-order chi connectivity index (χ0) is 4.99. The predicted octanol–water partition coefficient (Wildman–Crippen LogP) is 2.16. The lowest BCUT2D eigenvalue weighted by Gasteiger charge is -1.75. The molecule has 0 fully saturated rings. The van der Waals surface area contributed by atoms with Gasteiger partial charge in [0.15, 0.2) is 0 Å². The summed E-state index contributed by atoms with van der Waals surface area (Å²) in [5.74, 6) is -0.782. The van der Waals surface area contributed by atoms with E-state index in [2.05, 4.69) is 15.9 Å². The molecule has 0 rings (SSSR count). The maximum atomic E-state index is 11.3. The Hall–Kier alpha value is 0.0800. The number of hydrogen-bond donors (Lipinski definition) is 0. The van der Waals surface area contributed by atoms with Gasteiger partial charge in [0, 0.05) is 0 Å². The first-order valence-electron chi connectivity index (χ1n) is 1.32. The minimum atomic E-state index is -0.782. The fourth-order valence-corrected chi connectivity index (χ4v) is 0.152. The lowest BCUT2D eigenvalue weighted by molar-refractivity contribution is 0.590. The van der Waals surface area contributed by atoms with Crippen LogP contribution in [0.5, 0.6) is 0 Å². The van der Waals surface area contributed by atoms with E-state index in [1.165, 1.54) is 0 Å². The standard InChI is InChI=1S/C3H3BrF2/c4-1-3(6)2-5/h2H,1H2. The van der Waals surface area contributed by atoms with Gasteiger partial charge in [-0.25, -0.2) is 8.78 Å². The van der Waals surface area contributed by atoms with Crippen LogP contribution in [0, 0.1) is 0 Å². The topological polar surface area (TPSA) is 0 Å². The van der Waals surface area contributed by atoms with E-state index in [-0.39, 0.29) is 11.7 Å². The van der Waals surface area contributed by atoms with Gasteiger partial charge in [-0.1, -0.05) is 15.9 Å². The van der Waals surface area contributed by atoms with Gasteiger partial charge in [-0.15, -0.1) is 0 Å². The van der Waals surface area contributed by atoms with Gasteiger partial charge in [-0.2, -0.15) is 0 Å². The van der Waals surface area contributed by atoms with Gasteiger partial charge in [0.1, 0.15) is 12.2 Å². The first-order chi connectivity index (χ1) is 2.81. The molecule has 0 atom stereocenters. The lowest BCUT2D eigenvalue weighted by atomic mass is 10.7. The minimum Gasteiger partial charge on any atom is -0.213 e. The average Bonchev–Trinajstić information content (AvgIpc) is 1.65. The molecule has 0 aromatic heterocycles. The molecule has 0 bridgehead atoms. The average molecular weight is 157 g/mol. The van der Waals surface area contributed by atoms with Crippen LogP contribution in [0.15, 0.2) is 12.2 Å². The van der Waals surface area contributed by atoms with Crippen molar-refractivity contribution in [2.24, 2.45) is 0 Å². The van der Waals surface area contributed by atoms with Gasteiger partial charge in [-0.05, 0) is 0 Å². The van der Waals surface area contributed by atoms with Crippen LogP contribution in [0.2, 0.25) is 0 Å². The molecule has 0 N–H and O–H groups in total. The Balaban J connectivity index is 3.22. The van der Waals surface area contributed by atoms with Crippen molar-refractivity contribution in [2.45, 2.75) is 0 Å². The molecule has 0 amide bonds. The quantitative estimate of drug-likeness (QED) is 0.511. The fourth-order valence-electron chi connectivity index (χ4n) is 0.0292. The summed E-state index contributed by atoms with van der Waals surface area (Å²) in [6.45, 7) is 0. The minimum absolute atomic E-state index is 0.0382. The van der Waals surface area contributed by atoms with Crippen LogP contribution in [0.25, 0.3) is 0 Å². The Bertz CT molecular complexity index is 59.8.